The molecule has 0 saturated heterocycles. The van der Waals surface area contributed by atoms with Gasteiger partial charge in [0.05, 0.1) is 0 Å². The van der Waals surface area contributed by atoms with Crippen molar-refractivity contribution in [1.82, 2.24) is 10.2 Å². The molecule has 1 aromatic carbocycles. The van der Waals surface area contributed by atoms with E-state index in [4.69, 9.17) is 0 Å². The smallest absolute Gasteiger partial charge is 0.313 e. The number of carbonyl (C=O) groups is 2. The van der Waals surface area contributed by atoms with Crippen molar-refractivity contribution >= 4 is 23.2 Å². The maximum atomic E-state index is 12.1. The van der Waals surface area contributed by atoms with Crippen LogP contribution in [0.3, 0.4) is 0 Å². The standard InChI is InChI=1S/C18H28N4O2/c1-12-10-14(8-9-15(12)21(2)3)20-18(24)17(23)19-11-16(22(4)5)13-6-7-13/h8-10,13,16H,6-7,11H2,1-5H3,(H,19,23)(H,20,24)/t16-/m0/s1. The molecule has 0 aliphatic heterocycles. The van der Waals surface area contributed by atoms with Crippen LogP contribution >= 0.6 is 0 Å². The monoisotopic (exact) mass is 332 g/mol. The van der Waals surface area contributed by atoms with Crippen LogP contribution in [0.5, 0.6) is 0 Å². The summed E-state index contributed by atoms with van der Waals surface area (Å²) in [5.41, 5.74) is 2.75. The molecule has 1 aromatic rings. The highest BCUT2D eigenvalue weighted by Crippen LogP contribution is 2.34. The lowest BCUT2D eigenvalue weighted by Gasteiger charge is -2.24. The Balaban J connectivity index is 1.89. The zero-order chi connectivity index (χ0) is 17.9. The minimum absolute atomic E-state index is 0.295. The van der Waals surface area contributed by atoms with E-state index in [9.17, 15) is 9.59 Å². The second kappa shape index (κ2) is 7.66. The molecule has 0 unspecified atom stereocenters. The molecule has 132 valence electrons. The van der Waals surface area contributed by atoms with Crippen LogP contribution in [0.4, 0.5) is 11.4 Å². The maximum Gasteiger partial charge on any atom is 0.313 e. The molecular weight excluding hydrogens is 304 g/mol. The lowest BCUT2D eigenvalue weighted by Crippen LogP contribution is -2.45. The number of likely N-dealkylation sites (N-methyl/N-ethyl adjacent to an activating group) is 1. The van der Waals surface area contributed by atoms with E-state index in [2.05, 4.69) is 15.5 Å². The predicted molar refractivity (Wildman–Crippen MR) is 97.3 cm³/mol. The van der Waals surface area contributed by atoms with Gasteiger partial charge in [-0.1, -0.05) is 0 Å². The largest absolute Gasteiger partial charge is 0.377 e. The maximum absolute atomic E-state index is 12.1. The third-order valence-corrected chi connectivity index (χ3v) is 4.44. The third-order valence-electron chi connectivity index (χ3n) is 4.44. The second-order valence-electron chi connectivity index (χ2n) is 6.93. The van der Waals surface area contributed by atoms with Crippen LogP contribution < -0.4 is 15.5 Å². The van der Waals surface area contributed by atoms with Crippen molar-refractivity contribution in [3.05, 3.63) is 23.8 Å². The SMILES string of the molecule is Cc1cc(NC(=O)C(=O)NC[C@@H](C2CC2)N(C)C)ccc1N(C)C. The third kappa shape index (κ3) is 4.71. The van der Waals surface area contributed by atoms with Crippen molar-refractivity contribution in [3.63, 3.8) is 0 Å². The highest BCUT2D eigenvalue weighted by Gasteiger charge is 2.33. The lowest BCUT2D eigenvalue weighted by molar-refractivity contribution is -0.136. The number of nitrogens with one attached hydrogen (secondary N) is 2. The summed E-state index contributed by atoms with van der Waals surface area (Å²) in [4.78, 5) is 28.2. The zero-order valence-electron chi connectivity index (χ0n) is 15.2. The number of rotatable bonds is 6. The topological polar surface area (TPSA) is 64.7 Å². The van der Waals surface area contributed by atoms with Crippen molar-refractivity contribution in [2.45, 2.75) is 25.8 Å². The van der Waals surface area contributed by atoms with Gasteiger partial charge in [0, 0.05) is 38.1 Å². The molecule has 1 aliphatic carbocycles. The summed E-state index contributed by atoms with van der Waals surface area (Å²) in [6, 6.07) is 5.90. The fourth-order valence-electron chi connectivity index (χ4n) is 2.95. The number of hydrogen-bond donors (Lipinski definition) is 2. The molecule has 0 bridgehead atoms. The van der Waals surface area contributed by atoms with Gasteiger partial charge in [0.1, 0.15) is 0 Å². The Bertz CT molecular complexity index is 607. The summed E-state index contributed by atoms with van der Waals surface area (Å²) in [7, 11) is 7.94. The van der Waals surface area contributed by atoms with Crippen molar-refractivity contribution in [2.24, 2.45) is 5.92 Å². The number of nitrogens with zero attached hydrogens (tertiary/aromatic N) is 2. The summed E-state index contributed by atoms with van der Waals surface area (Å²) in [5, 5.41) is 5.41. The van der Waals surface area contributed by atoms with E-state index in [1.165, 1.54) is 12.8 Å². The van der Waals surface area contributed by atoms with E-state index in [0.29, 0.717) is 24.2 Å². The highest BCUT2D eigenvalue weighted by molar-refractivity contribution is 6.39. The zero-order valence-corrected chi connectivity index (χ0v) is 15.2. The van der Waals surface area contributed by atoms with Crippen molar-refractivity contribution in [2.75, 3.05) is 45.0 Å². The van der Waals surface area contributed by atoms with Crippen LogP contribution in [0.15, 0.2) is 18.2 Å². The Hall–Kier alpha value is -2.08. The number of benzene rings is 1. The first-order valence-corrected chi connectivity index (χ1v) is 8.33. The molecule has 2 amide bonds. The molecule has 1 atom stereocenters. The van der Waals surface area contributed by atoms with Gasteiger partial charge in [-0.05, 0) is 63.5 Å². The van der Waals surface area contributed by atoms with Crippen molar-refractivity contribution < 1.29 is 9.59 Å². The van der Waals surface area contributed by atoms with Gasteiger partial charge in [0.15, 0.2) is 0 Å². The van der Waals surface area contributed by atoms with Crippen LogP contribution in [0, 0.1) is 12.8 Å². The predicted octanol–water partition coefficient (Wildman–Crippen LogP) is 1.46. The van der Waals surface area contributed by atoms with Crippen LogP contribution in [-0.2, 0) is 9.59 Å². The van der Waals surface area contributed by atoms with E-state index < -0.39 is 11.8 Å². The fourth-order valence-corrected chi connectivity index (χ4v) is 2.95. The van der Waals surface area contributed by atoms with Gasteiger partial charge in [-0.25, -0.2) is 0 Å². The van der Waals surface area contributed by atoms with Crippen LogP contribution in [0.25, 0.3) is 0 Å². The van der Waals surface area contributed by atoms with Gasteiger partial charge in [0.25, 0.3) is 0 Å². The minimum atomic E-state index is -0.625. The fraction of sp³-hybridized carbons (Fsp3) is 0.556. The molecule has 6 heteroatoms. The molecule has 0 aromatic heterocycles. The van der Waals surface area contributed by atoms with Gasteiger partial charge in [0.2, 0.25) is 0 Å². The van der Waals surface area contributed by atoms with E-state index >= 15 is 0 Å². The molecule has 2 N–H and O–H groups in total. The van der Waals surface area contributed by atoms with Gasteiger partial charge in [-0.3, -0.25) is 9.59 Å². The highest BCUT2D eigenvalue weighted by atomic mass is 16.2. The van der Waals surface area contributed by atoms with Gasteiger partial charge >= 0.3 is 11.8 Å². The number of carbonyl (C=O) groups excluding carboxylic acids is 2. The molecule has 0 radical (unpaired) electrons. The normalized spacial score (nSPS) is 15.1. The Morgan fingerprint density at radius 2 is 1.83 bits per heavy atom. The van der Waals surface area contributed by atoms with E-state index in [1.807, 2.05) is 52.1 Å². The molecule has 1 aliphatic rings. The number of aryl methyl sites for hydroxylation is 1. The Morgan fingerprint density at radius 3 is 2.33 bits per heavy atom. The van der Waals surface area contributed by atoms with E-state index in [0.717, 1.165) is 11.3 Å². The second-order valence-corrected chi connectivity index (χ2v) is 6.93. The number of anilines is 2. The first-order chi connectivity index (χ1) is 11.3. The molecule has 1 saturated carbocycles. The first-order valence-electron chi connectivity index (χ1n) is 8.33. The Kier molecular flexibility index (Phi) is 5.83. The molecule has 1 fully saturated rings. The lowest BCUT2D eigenvalue weighted by atomic mass is 10.1. The quantitative estimate of drug-likeness (QED) is 0.774. The molecule has 6 nitrogen and oxygen atoms in total. The van der Waals surface area contributed by atoms with Crippen molar-refractivity contribution in [3.8, 4) is 0 Å². The molecular formula is C18H28N4O2. The van der Waals surface area contributed by atoms with Gasteiger partial charge in [-0.2, -0.15) is 0 Å². The summed E-state index contributed by atoms with van der Waals surface area (Å²) < 4.78 is 0. The number of hydrogen-bond acceptors (Lipinski definition) is 4. The molecule has 2 rings (SSSR count). The molecule has 24 heavy (non-hydrogen) atoms. The van der Waals surface area contributed by atoms with Gasteiger partial charge in [-0.15, -0.1) is 0 Å². The summed E-state index contributed by atoms with van der Waals surface area (Å²) in [6.45, 7) is 2.48. The summed E-state index contributed by atoms with van der Waals surface area (Å²) in [6.07, 6.45) is 2.39. The average Bonchev–Trinajstić information content (AvgIpc) is 3.31. The van der Waals surface area contributed by atoms with Crippen LogP contribution in [0.1, 0.15) is 18.4 Å². The Morgan fingerprint density at radius 1 is 1.17 bits per heavy atom. The van der Waals surface area contributed by atoms with E-state index in [1.54, 1.807) is 6.07 Å². The molecule has 0 heterocycles. The Labute approximate surface area is 144 Å². The van der Waals surface area contributed by atoms with Crippen LogP contribution in [0.2, 0.25) is 0 Å². The van der Waals surface area contributed by atoms with E-state index in [-0.39, 0.29) is 0 Å². The molecule has 0 spiro atoms. The van der Waals surface area contributed by atoms with Crippen LogP contribution in [-0.4, -0.2) is 57.5 Å². The summed E-state index contributed by atoms with van der Waals surface area (Å²) >= 11 is 0. The first kappa shape index (κ1) is 18.3. The number of amides is 2. The van der Waals surface area contributed by atoms with Gasteiger partial charge < -0.3 is 20.4 Å². The minimum Gasteiger partial charge on any atom is -0.377 e. The summed E-state index contributed by atoms with van der Waals surface area (Å²) in [5.74, 6) is -0.582. The average molecular weight is 332 g/mol. The van der Waals surface area contributed by atoms with Crippen molar-refractivity contribution in [1.29, 1.82) is 0 Å².